The highest BCUT2D eigenvalue weighted by atomic mass is 19.1. The first-order chi connectivity index (χ1) is 7.22. The SMILES string of the molecule is CC12CCC1=CC=Cc1cccc(F)c12. The van der Waals surface area contributed by atoms with E-state index in [2.05, 4.69) is 13.0 Å². The van der Waals surface area contributed by atoms with Crippen LogP contribution >= 0.6 is 0 Å². The van der Waals surface area contributed by atoms with Gasteiger partial charge in [-0.15, -0.1) is 0 Å². The van der Waals surface area contributed by atoms with E-state index in [1.54, 1.807) is 12.1 Å². The minimum atomic E-state index is -0.0628. The summed E-state index contributed by atoms with van der Waals surface area (Å²) in [5.74, 6) is -0.0628. The second kappa shape index (κ2) is 2.82. The molecule has 0 aliphatic heterocycles. The van der Waals surface area contributed by atoms with Gasteiger partial charge in [0, 0.05) is 11.0 Å². The van der Waals surface area contributed by atoms with Crippen molar-refractivity contribution in [2.45, 2.75) is 25.2 Å². The van der Waals surface area contributed by atoms with Gasteiger partial charge in [-0.1, -0.05) is 42.9 Å². The van der Waals surface area contributed by atoms with Crippen LogP contribution in [0, 0.1) is 5.82 Å². The zero-order chi connectivity index (χ0) is 10.5. The number of benzene rings is 1. The van der Waals surface area contributed by atoms with Crippen LogP contribution in [-0.4, -0.2) is 0 Å². The minimum Gasteiger partial charge on any atom is -0.207 e. The van der Waals surface area contributed by atoms with Crippen molar-refractivity contribution >= 4 is 6.08 Å². The Morgan fingerprint density at radius 1 is 1.33 bits per heavy atom. The van der Waals surface area contributed by atoms with Crippen molar-refractivity contribution < 1.29 is 4.39 Å². The molecule has 1 fully saturated rings. The molecule has 0 nitrogen and oxygen atoms in total. The molecular weight excluding hydrogens is 187 g/mol. The van der Waals surface area contributed by atoms with Gasteiger partial charge in [-0.2, -0.15) is 0 Å². The van der Waals surface area contributed by atoms with Crippen molar-refractivity contribution in [1.29, 1.82) is 0 Å². The zero-order valence-corrected chi connectivity index (χ0v) is 8.76. The van der Waals surface area contributed by atoms with Crippen LogP contribution in [-0.2, 0) is 5.41 Å². The number of fused-ring (bicyclic) bond motifs is 3. The Hall–Kier alpha value is -1.37. The second-order valence-electron chi connectivity index (χ2n) is 4.59. The van der Waals surface area contributed by atoms with Crippen molar-refractivity contribution in [2.75, 3.05) is 0 Å². The standard InChI is InChI=1S/C14H13F/c1-14-9-8-11(14)6-2-4-10-5-3-7-12(15)13(10)14/h2-7H,8-9H2,1H3. The average Bonchev–Trinajstić information content (AvgIpc) is 2.29. The third-order valence-corrected chi connectivity index (χ3v) is 3.77. The van der Waals surface area contributed by atoms with Gasteiger partial charge in [-0.05, 0) is 24.5 Å². The van der Waals surface area contributed by atoms with Crippen LogP contribution in [0.4, 0.5) is 4.39 Å². The van der Waals surface area contributed by atoms with E-state index in [0.29, 0.717) is 0 Å². The molecule has 0 radical (unpaired) electrons. The summed E-state index contributed by atoms with van der Waals surface area (Å²) in [7, 11) is 0. The highest BCUT2D eigenvalue weighted by molar-refractivity contribution is 5.63. The lowest BCUT2D eigenvalue weighted by atomic mass is 9.61. The molecule has 0 aromatic heterocycles. The Balaban J connectivity index is 2.31. The fourth-order valence-electron chi connectivity index (χ4n) is 2.73. The maximum atomic E-state index is 13.9. The summed E-state index contributed by atoms with van der Waals surface area (Å²) in [6, 6.07) is 5.35. The molecule has 2 aliphatic rings. The van der Waals surface area contributed by atoms with Gasteiger partial charge in [0.05, 0.1) is 0 Å². The van der Waals surface area contributed by atoms with Crippen molar-refractivity contribution in [3.8, 4) is 0 Å². The van der Waals surface area contributed by atoms with Crippen LogP contribution < -0.4 is 0 Å². The molecule has 0 N–H and O–H groups in total. The Bertz CT molecular complexity index is 482. The quantitative estimate of drug-likeness (QED) is 0.597. The Labute approximate surface area is 89.1 Å². The van der Waals surface area contributed by atoms with Crippen molar-refractivity contribution in [1.82, 2.24) is 0 Å². The summed E-state index contributed by atoms with van der Waals surface area (Å²) in [4.78, 5) is 0. The Morgan fingerprint density at radius 2 is 2.20 bits per heavy atom. The summed E-state index contributed by atoms with van der Waals surface area (Å²) in [5, 5.41) is 0. The summed E-state index contributed by atoms with van der Waals surface area (Å²) >= 11 is 0. The first-order valence-electron chi connectivity index (χ1n) is 5.38. The normalized spacial score (nSPS) is 27.2. The molecule has 1 aromatic rings. The van der Waals surface area contributed by atoms with Crippen LogP contribution in [0.2, 0.25) is 0 Å². The predicted octanol–water partition coefficient (Wildman–Crippen LogP) is 3.83. The Kier molecular flexibility index (Phi) is 1.67. The first-order valence-corrected chi connectivity index (χ1v) is 5.38. The molecule has 1 aromatic carbocycles. The molecule has 0 heterocycles. The van der Waals surface area contributed by atoms with Crippen LogP contribution in [0.1, 0.15) is 30.9 Å². The molecule has 0 saturated heterocycles. The van der Waals surface area contributed by atoms with E-state index in [-0.39, 0.29) is 11.2 Å². The lowest BCUT2D eigenvalue weighted by Gasteiger charge is -2.42. The largest absolute Gasteiger partial charge is 0.207 e. The summed E-state index contributed by atoms with van der Waals surface area (Å²) in [5.41, 5.74) is 3.23. The molecule has 1 atom stereocenters. The molecule has 2 aliphatic carbocycles. The van der Waals surface area contributed by atoms with E-state index in [1.807, 2.05) is 18.2 Å². The minimum absolute atomic E-state index is 0.0514. The van der Waals surface area contributed by atoms with E-state index in [1.165, 1.54) is 5.57 Å². The van der Waals surface area contributed by atoms with Gasteiger partial charge >= 0.3 is 0 Å². The van der Waals surface area contributed by atoms with Crippen LogP contribution in [0.5, 0.6) is 0 Å². The number of rotatable bonds is 0. The predicted molar refractivity (Wildman–Crippen MR) is 60.1 cm³/mol. The van der Waals surface area contributed by atoms with Gasteiger partial charge in [-0.25, -0.2) is 4.39 Å². The van der Waals surface area contributed by atoms with Crippen molar-refractivity contribution in [3.05, 3.63) is 52.9 Å². The fraction of sp³-hybridized carbons (Fsp3) is 0.286. The van der Waals surface area contributed by atoms with Crippen LogP contribution in [0.3, 0.4) is 0 Å². The van der Waals surface area contributed by atoms with Gasteiger partial charge in [0.15, 0.2) is 0 Å². The molecule has 1 heteroatoms. The molecule has 0 spiro atoms. The Morgan fingerprint density at radius 3 is 2.93 bits per heavy atom. The lowest BCUT2D eigenvalue weighted by Crippen LogP contribution is -2.35. The van der Waals surface area contributed by atoms with E-state index in [4.69, 9.17) is 0 Å². The van der Waals surface area contributed by atoms with Gasteiger partial charge in [0.2, 0.25) is 0 Å². The molecular formula is C14H13F. The van der Waals surface area contributed by atoms with E-state index < -0.39 is 0 Å². The smallest absolute Gasteiger partial charge is 0.127 e. The van der Waals surface area contributed by atoms with Gasteiger partial charge < -0.3 is 0 Å². The monoisotopic (exact) mass is 200 g/mol. The maximum Gasteiger partial charge on any atom is 0.127 e. The molecule has 0 bridgehead atoms. The molecule has 3 rings (SSSR count). The number of hydrogen-bond acceptors (Lipinski definition) is 0. The van der Waals surface area contributed by atoms with E-state index >= 15 is 0 Å². The molecule has 1 saturated carbocycles. The van der Waals surface area contributed by atoms with Crippen LogP contribution in [0.15, 0.2) is 35.9 Å². The third-order valence-electron chi connectivity index (χ3n) is 3.77. The molecule has 0 amide bonds. The summed E-state index contributed by atoms with van der Waals surface area (Å²) in [6.45, 7) is 2.15. The molecule has 76 valence electrons. The highest BCUT2D eigenvalue weighted by Gasteiger charge is 2.42. The maximum absolute atomic E-state index is 13.9. The number of allylic oxidation sites excluding steroid dienone is 3. The average molecular weight is 200 g/mol. The van der Waals surface area contributed by atoms with Crippen molar-refractivity contribution in [3.63, 3.8) is 0 Å². The van der Waals surface area contributed by atoms with E-state index in [9.17, 15) is 4.39 Å². The first kappa shape index (κ1) is 8.90. The van der Waals surface area contributed by atoms with Gasteiger partial charge in [0.25, 0.3) is 0 Å². The topological polar surface area (TPSA) is 0 Å². The van der Waals surface area contributed by atoms with Gasteiger partial charge in [0.1, 0.15) is 5.82 Å². The number of hydrogen-bond donors (Lipinski definition) is 0. The van der Waals surface area contributed by atoms with E-state index in [0.717, 1.165) is 24.0 Å². The molecule has 1 unspecified atom stereocenters. The number of halogens is 1. The zero-order valence-electron chi connectivity index (χ0n) is 8.76. The highest BCUT2D eigenvalue weighted by Crippen LogP contribution is 2.51. The third kappa shape index (κ3) is 1.06. The fourth-order valence-corrected chi connectivity index (χ4v) is 2.73. The molecule has 15 heavy (non-hydrogen) atoms. The lowest BCUT2D eigenvalue weighted by molar-refractivity contribution is 0.378. The van der Waals surface area contributed by atoms with Crippen molar-refractivity contribution in [2.24, 2.45) is 0 Å². The summed E-state index contributed by atoms with van der Waals surface area (Å²) in [6.07, 6.45) is 8.36. The summed E-state index contributed by atoms with van der Waals surface area (Å²) < 4.78 is 13.9. The van der Waals surface area contributed by atoms with Crippen LogP contribution in [0.25, 0.3) is 6.08 Å². The second-order valence-corrected chi connectivity index (χ2v) is 4.59. The van der Waals surface area contributed by atoms with Gasteiger partial charge in [-0.3, -0.25) is 0 Å².